The minimum atomic E-state index is -0.971. The third kappa shape index (κ3) is 2.35. The lowest BCUT2D eigenvalue weighted by atomic mass is 9.93. The second-order valence-corrected chi connectivity index (χ2v) is 3.78. The van der Waals surface area contributed by atoms with E-state index in [1.165, 1.54) is 0 Å². The number of aliphatic carboxylic acids is 1. The van der Waals surface area contributed by atoms with Crippen LogP contribution in [0.15, 0.2) is 12.1 Å². The van der Waals surface area contributed by atoms with Gasteiger partial charge in [0.2, 0.25) is 0 Å². The predicted molar refractivity (Wildman–Crippen MR) is 56.5 cm³/mol. The monoisotopic (exact) mass is 210 g/mol. The Morgan fingerprint density at radius 1 is 1.47 bits per heavy atom. The number of aryl methyl sites for hydroxylation is 2. The summed E-state index contributed by atoms with van der Waals surface area (Å²) in [5, 5.41) is 8.97. The lowest BCUT2D eigenvalue weighted by Gasteiger charge is -2.13. The van der Waals surface area contributed by atoms with Gasteiger partial charge in [-0.2, -0.15) is 0 Å². The molecule has 1 unspecified atom stereocenters. The highest BCUT2D eigenvalue weighted by Gasteiger charge is 2.22. The van der Waals surface area contributed by atoms with E-state index in [4.69, 9.17) is 5.11 Å². The molecule has 2 nitrogen and oxygen atoms in total. The topological polar surface area (TPSA) is 37.3 Å². The highest BCUT2D eigenvalue weighted by Crippen LogP contribution is 2.26. The molecule has 0 spiro atoms. The van der Waals surface area contributed by atoms with Crippen molar-refractivity contribution in [2.75, 3.05) is 0 Å². The second kappa shape index (κ2) is 4.43. The van der Waals surface area contributed by atoms with E-state index in [-0.39, 0.29) is 0 Å². The number of hydrogen-bond donors (Lipinski definition) is 1. The lowest BCUT2D eigenvalue weighted by Crippen LogP contribution is -2.13. The van der Waals surface area contributed by atoms with Crippen molar-refractivity contribution in [2.45, 2.75) is 33.1 Å². The smallest absolute Gasteiger partial charge is 0.311 e. The quantitative estimate of drug-likeness (QED) is 0.832. The van der Waals surface area contributed by atoms with Crippen LogP contribution in [0.5, 0.6) is 0 Å². The van der Waals surface area contributed by atoms with E-state index in [9.17, 15) is 9.18 Å². The largest absolute Gasteiger partial charge is 0.481 e. The van der Waals surface area contributed by atoms with Gasteiger partial charge < -0.3 is 5.11 Å². The van der Waals surface area contributed by atoms with Gasteiger partial charge in [-0.25, -0.2) is 4.39 Å². The van der Waals surface area contributed by atoms with Crippen LogP contribution in [0, 0.1) is 19.7 Å². The van der Waals surface area contributed by atoms with E-state index < -0.39 is 17.7 Å². The number of carbonyl (C=O) groups is 1. The molecule has 0 aromatic heterocycles. The van der Waals surface area contributed by atoms with Gasteiger partial charge >= 0.3 is 5.97 Å². The van der Waals surface area contributed by atoms with Crippen molar-refractivity contribution < 1.29 is 14.3 Å². The summed E-state index contributed by atoms with van der Waals surface area (Å²) < 4.78 is 13.7. The second-order valence-electron chi connectivity index (χ2n) is 3.78. The van der Waals surface area contributed by atoms with Gasteiger partial charge in [-0.05, 0) is 25.8 Å². The first-order valence-electron chi connectivity index (χ1n) is 4.96. The van der Waals surface area contributed by atoms with Gasteiger partial charge in [0.25, 0.3) is 0 Å². The third-order valence-corrected chi connectivity index (χ3v) is 2.51. The van der Waals surface area contributed by atoms with Gasteiger partial charge in [-0.3, -0.25) is 4.79 Å². The summed E-state index contributed by atoms with van der Waals surface area (Å²) in [6, 6.07) is 3.33. The van der Waals surface area contributed by atoms with Crippen LogP contribution in [0.2, 0.25) is 0 Å². The Kier molecular flexibility index (Phi) is 3.45. The fourth-order valence-corrected chi connectivity index (χ4v) is 1.76. The zero-order chi connectivity index (χ0) is 11.6. The van der Waals surface area contributed by atoms with E-state index in [0.29, 0.717) is 17.5 Å². The minimum absolute atomic E-state index is 0.294. The molecule has 3 heteroatoms. The van der Waals surface area contributed by atoms with E-state index in [2.05, 4.69) is 0 Å². The molecule has 0 fully saturated rings. The summed E-state index contributed by atoms with van der Waals surface area (Å²) in [7, 11) is 0. The molecule has 82 valence electrons. The van der Waals surface area contributed by atoms with Crippen molar-refractivity contribution >= 4 is 5.97 Å². The van der Waals surface area contributed by atoms with Crippen molar-refractivity contribution in [3.63, 3.8) is 0 Å². The number of halogens is 1. The van der Waals surface area contributed by atoms with Crippen molar-refractivity contribution in [2.24, 2.45) is 0 Å². The number of carboxylic acid groups (broad SMARTS) is 1. The first-order chi connectivity index (χ1) is 6.97. The maximum Gasteiger partial charge on any atom is 0.311 e. The average molecular weight is 210 g/mol. The van der Waals surface area contributed by atoms with Gasteiger partial charge in [0.15, 0.2) is 0 Å². The van der Waals surface area contributed by atoms with Crippen LogP contribution >= 0.6 is 0 Å². The summed E-state index contributed by atoms with van der Waals surface area (Å²) in [4.78, 5) is 10.9. The summed E-state index contributed by atoms with van der Waals surface area (Å²) in [5.41, 5.74) is 1.69. The Bertz CT molecular complexity index is 385. The number of carboxylic acids is 1. The SMILES string of the molecule is CCC(C(=O)O)c1cc(C)cc(C)c1F. The molecule has 0 radical (unpaired) electrons. The summed E-state index contributed by atoms with van der Waals surface area (Å²) >= 11 is 0. The van der Waals surface area contributed by atoms with Crippen molar-refractivity contribution in [3.05, 3.63) is 34.6 Å². The molecule has 0 amide bonds. The van der Waals surface area contributed by atoms with Crippen LogP contribution in [0.1, 0.15) is 36.0 Å². The van der Waals surface area contributed by atoms with Gasteiger partial charge in [-0.15, -0.1) is 0 Å². The van der Waals surface area contributed by atoms with Crippen LogP contribution in [-0.4, -0.2) is 11.1 Å². The fourth-order valence-electron chi connectivity index (χ4n) is 1.76. The molecule has 1 aromatic rings. The van der Waals surface area contributed by atoms with Gasteiger partial charge in [0.1, 0.15) is 5.82 Å². The molecule has 0 bridgehead atoms. The predicted octanol–water partition coefficient (Wildman–Crippen LogP) is 3.02. The fraction of sp³-hybridized carbons (Fsp3) is 0.417. The Labute approximate surface area is 88.7 Å². The Morgan fingerprint density at radius 3 is 2.53 bits per heavy atom. The minimum Gasteiger partial charge on any atom is -0.481 e. The highest BCUT2D eigenvalue weighted by molar-refractivity contribution is 5.76. The van der Waals surface area contributed by atoms with Crippen molar-refractivity contribution in [1.82, 2.24) is 0 Å². The Balaban J connectivity index is 3.28. The molecule has 15 heavy (non-hydrogen) atoms. The Hall–Kier alpha value is -1.38. The first kappa shape index (κ1) is 11.7. The molecule has 1 aromatic carbocycles. The van der Waals surface area contributed by atoms with E-state index >= 15 is 0 Å². The average Bonchev–Trinajstić information content (AvgIpc) is 2.13. The number of rotatable bonds is 3. The summed E-state index contributed by atoms with van der Waals surface area (Å²) in [6.07, 6.45) is 0.398. The normalized spacial score (nSPS) is 12.5. The Morgan fingerprint density at radius 2 is 2.07 bits per heavy atom. The zero-order valence-corrected chi connectivity index (χ0v) is 9.17. The van der Waals surface area contributed by atoms with Gasteiger partial charge in [0, 0.05) is 5.56 Å². The molecule has 0 saturated carbocycles. The summed E-state index contributed by atoms with van der Waals surface area (Å²) in [6.45, 7) is 5.24. The van der Waals surface area contributed by atoms with Crippen LogP contribution < -0.4 is 0 Å². The molecule has 1 rings (SSSR count). The van der Waals surface area contributed by atoms with Crippen molar-refractivity contribution in [3.8, 4) is 0 Å². The van der Waals surface area contributed by atoms with Crippen LogP contribution in [0.4, 0.5) is 4.39 Å². The molecular formula is C12H15FO2. The molecule has 1 N–H and O–H groups in total. The molecule has 1 atom stereocenters. The zero-order valence-electron chi connectivity index (χ0n) is 9.17. The first-order valence-corrected chi connectivity index (χ1v) is 4.96. The van der Waals surface area contributed by atoms with E-state index in [0.717, 1.165) is 5.56 Å². The van der Waals surface area contributed by atoms with Gasteiger partial charge in [0.05, 0.1) is 5.92 Å². The molecule has 0 aliphatic carbocycles. The van der Waals surface area contributed by atoms with Crippen LogP contribution in [0.3, 0.4) is 0 Å². The number of benzene rings is 1. The van der Waals surface area contributed by atoms with E-state index in [1.54, 1.807) is 26.0 Å². The molecular weight excluding hydrogens is 195 g/mol. The summed E-state index contributed by atoms with van der Waals surface area (Å²) in [5.74, 6) is -2.11. The van der Waals surface area contributed by atoms with Crippen LogP contribution in [0.25, 0.3) is 0 Å². The lowest BCUT2D eigenvalue weighted by molar-refractivity contribution is -0.138. The molecule has 0 aliphatic rings. The van der Waals surface area contributed by atoms with Gasteiger partial charge in [-0.1, -0.05) is 24.6 Å². The third-order valence-electron chi connectivity index (χ3n) is 2.51. The van der Waals surface area contributed by atoms with Crippen molar-refractivity contribution in [1.29, 1.82) is 0 Å². The van der Waals surface area contributed by atoms with E-state index in [1.807, 2.05) is 6.92 Å². The van der Waals surface area contributed by atoms with Crippen LogP contribution in [-0.2, 0) is 4.79 Å². The standard InChI is InChI=1S/C12H15FO2/c1-4-9(12(14)15)10-6-7(2)5-8(3)11(10)13/h5-6,9H,4H2,1-3H3,(H,14,15). The highest BCUT2D eigenvalue weighted by atomic mass is 19.1. The molecule has 0 heterocycles. The molecule has 0 saturated heterocycles. The maximum absolute atomic E-state index is 13.7. The molecule has 0 aliphatic heterocycles. The maximum atomic E-state index is 13.7. The number of hydrogen-bond acceptors (Lipinski definition) is 1.